The van der Waals surface area contributed by atoms with E-state index in [0.717, 1.165) is 24.9 Å². The van der Waals surface area contributed by atoms with Crippen LogP contribution in [0.15, 0.2) is 16.7 Å². The average molecular weight is 347 g/mol. The molecule has 1 aliphatic heterocycles. The van der Waals surface area contributed by atoms with E-state index < -0.39 is 0 Å². The molecule has 3 rings (SSSR count). The predicted molar refractivity (Wildman–Crippen MR) is 93.4 cm³/mol. The first-order valence-corrected chi connectivity index (χ1v) is 8.46. The lowest BCUT2D eigenvalue weighted by Gasteiger charge is -2.23. The fraction of sp³-hybridized carbons (Fsp3) is 0.556. The Kier molecular flexibility index (Phi) is 5.13. The number of rotatable bonds is 7. The van der Waals surface area contributed by atoms with Gasteiger partial charge in [-0.15, -0.1) is 0 Å². The van der Waals surface area contributed by atoms with Crippen LogP contribution in [0.3, 0.4) is 0 Å². The molecule has 1 atom stereocenters. The van der Waals surface area contributed by atoms with Gasteiger partial charge in [0.15, 0.2) is 11.5 Å². The summed E-state index contributed by atoms with van der Waals surface area (Å²) in [5, 5.41) is 7.65. The van der Waals surface area contributed by atoms with Gasteiger partial charge in [0.05, 0.1) is 21.3 Å². The number of hydrogen-bond donors (Lipinski definition) is 1. The number of ether oxygens (including phenoxy) is 3. The van der Waals surface area contributed by atoms with Gasteiger partial charge in [0.1, 0.15) is 0 Å². The second-order valence-electron chi connectivity index (χ2n) is 6.52. The minimum Gasteiger partial charge on any atom is -0.493 e. The van der Waals surface area contributed by atoms with E-state index >= 15 is 0 Å². The highest BCUT2D eigenvalue weighted by Crippen LogP contribution is 2.40. The van der Waals surface area contributed by atoms with Crippen molar-refractivity contribution in [2.45, 2.75) is 38.1 Å². The predicted octanol–water partition coefficient (Wildman–Crippen LogP) is 2.84. The van der Waals surface area contributed by atoms with Crippen molar-refractivity contribution < 1.29 is 18.7 Å². The zero-order valence-corrected chi connectivity index (χ0v) is 15.2. The third-order valence-electron chi connectivity index (χ3n) is 4.74. The van der Waals surface area contributed by atoms with Crippen molar-refractivity contribution in [2.75, 3.05) is 27.9 Å². The molecule has 2 heterocycles. The summed E-state index contributed by atoms with van der Waals surface area (Å²) in [6.07, 6.45) is 4.13. The lowest BCUT2D eigenvalue weighted by Crippen LogP contribution is -2.36. The number of hydrogen-bond acceptors (Lipinski definition) is 7. The third-order valence-corrected chi connectivity index (χ3v) is 4.74. The molecule has 0 bridgehead atoms. The molecular formula is C18H25N3O4. The molecule has 0 radical (unpaired) electrons. The summed E-state index contributed by atoms with van der Waals surface area (Å²) in [5.74, 6) is 2.81. The summed E-state index contributed by atoms with van der Waals surface area (Å²) in [5.41, 5.74) is 0.927. The standard InChI is InChI=1S/C18H25N3O4/c1-18(7-5-9-19-18)8-6-15-20-17(21-25-15)12-10-13(22-2)16(24-4)14(11-12)23-3/h10-11,19H,5-9H2,1-4H3/t18-/m0/s1. The van der Waals surface area contributed by atoms with Crippen LogP contribution in [0.4, 0.5) is 0 Å². The van der Waals surface area contributed by atoms with E-state index in [9.17, 15) is 0 Å². The van der Waals surface area contributed by atoms with Crippen molar-refractivity contribution in [3.05, 3.63) is 18.0 Å². The van der Waals surface area contributed by atoms with Gasteiger partial charge in [-0.3, -0.25) is 0 Å². The Morgan fingerprint density at radius 2 is 1.88 bits per heavy atom. The van der Waals surface area contributed by atoms with Crippen molar-refractivity contribution in [2.24, 2.45) is 0 Å². The first-order valence-electron chi connectivity index (χ1n) is 8.46. The number of methoxy groups -OCH3 is 3. The SMILES string of the molecule is COc1cc(-c2noc(CC[C@]3(C)CCCN3)n2)cc(OC)c1OC. The Bertz CT molecular complexity index is 698. The van der Waals surface area contributed by atoms with Crippen LogP contribution in [0.1, 0.15) is 32.1 Å². The van der Waals surface area contributed by atoms with Crippen molar-refractivity contribution in [3.8, 4) is 28.6 Å². The van der Waals surface area contributed by atoms with Crippen molar-refractivity contribution in [1.29, 1.82) is 0 Å². The molecule has 7 nitrogen and oxygen atoms in total. The Hall–Kier alpha value is -2.28. The van der Waals surface area contributed by atoms with Crippen molar-refractivity contribution in [1.82, 2.24) is 15.5 Å². The highest BCUT2D eigenvalue weighted by molar-refractivity contribution is 5.66. The molecule has 1 saturated heterocycles. The number of nitrogens with zero attached hydrogens (tertiary/aromatic N) is 2. The van der Waals surface area contributed by atoms with Crippen LogP contribution in [0, 0.1) is 0 Å². The van der Waals surface area contributed by atoms with Crippen LogP contribution in [0.25, 0.3) is 11.4 Å². The lowest BCUT2D eigenvalue weighted by molar-refractivity contribution is 0.324. The fourth-order valence-electron chi connectivity index (χ4n) is 3.24. The first-order chi connectivity index (χ1) is 12.1. The molecule has 0 saturated carbocycles. The Morgan fingerprint density at radius 3 is 2.44 bits per heavy atom. The van der Waals surface area contributed by atoms with Gasteiger partial charge in [0.25, 0.3) is 0 Å². The quantitative estimate of drug-likeness (QED) is 0.825. The molecular weight excluding hydrogens is 322 g/mol. The lowest BCUT2D eigenvalue weighted by atomic mass is 9.94. The molecule has 1 aliphatic rings. The highest BCUT2D eigenvalue weighted by atomic mass is 16.5. The molecule has 1 N–H and O–H groups in total. The minimum absolute atomic E-state index is 0.168. The van der Waals surface area contributed by atoms with E-state index in [0.29, 0.717) is 29.0 Å². The molecule has 0 unspecified atom stereocenters. The molecule has 25 heavy (non-hydrogen) atoms. The van der Waals surface area contributed by atoms with Gasteiger partial charge in [-0.05, 0) is 44.9 Å². The largest absolute Gasteiger partial charge is 0.493 e. The van der Waals surface area contributed by atoms with Gasteiger partial charge in [-0.2, -0.15) is 4.98 Å². The summed E-state index contributed by atoms with van der Waals surface area (Å²) in [4.78, 5) is 4.52. The molecule has 0 amide bonds. The molecule has 0 spiro atoms. The smallest absolute Gasteiger partial charge is 0.227 e. The third kappa shape index (κ3) is 3.71. The molecule has 1 aromatic carbocycles. The summed E-state index contributed by atoms with van der Waals surface area (Å²) in [6, 6.07) is 3.63. The Balaban J connectivity index is 1.79. The van der Waals surface area contributed by atoms with Crippen LogP contribution in [-0.4, -0.2) is 43.6 Å². The molecule has 7 heteroatoms. The summed E-state index contributed by atoms with van der Waals surface area (Å²) in [6.45, 7) is 3.33. The van der Waals surface area contributed by atoms with E-state index in [-0.39, 0.29) is 5.54 Å². The second-order valence-corrected chi connectivity index (χ2v) is 6.52. The fourth-order valence-corrected chi connectivity index (χ4v) is 3.24. The number of nitrogens with one attached hydrogen (secondary N) is 1. The topological polar surface area (TPSA) is 78.6 Å². The van der Waals surface area contributed by atoms with Gasteiger partial charge < -0.3 is 24.1 Å². The summed E-state index contributed by atoms with van der Waals surface area (Å²) in [7, 11) is 4.74. The average Bonchev–Trinajstić information content (AvgIpc) is 3.28. The van der Waals surface area contributed by atoms with E-state index in [2.05, 4.69) is 22.4 Å². The van der Waals surface area contributed by atoms with E-state index in [1.165, 1.54) is 12.8 Å². The zero-order chi connectivity index (χ0) is 17.9. The van der Waals surface area contributed by atoms with Gasteiger partial charge in [-0.1, -0.05) is 5.16 Å². The van der Waals surface area contributed by atoms with Crippen LogP contribution >= 0.6 is 0 Å². The van der Waals surface area contributed by atoms with Gasteiger partial charge in [0.2, 0.25) is 17.5 Å². The minimum atomic E-state index is 0.168. The van der Waals surface area contributed by atoms with Gasteiger partial charge in [-0.25, -0.2) is 0 Å². The first kappa shape index (κ1) is 17.5. The highest BCUT2D eigenvalue weighted by Gasteiger charge is 2.28. The second kappa shape index (κ2) is 7.31. The van der Waals surface area contributed by atoms with Crippen molar-refractivity contribution in [3.63, 3.8) is 0 Å². The summed E-state index contributed by atoms with van der Waals surface area (Å²) < 4.78 is 21.5. The van der Waals surface area contributed by atoms with Crippen LogP contribution in [-0.2, 0) is 6.42 Å². The zero-order valence-electron chi connectivity index (χ0n) is 15.2. The van der Waals surface area contributed by atoms with Gasteiger partial charge in [0, 0.05) is 17.5 Å². The number of aromatic nitrogens is 2. The maximum absolute atomic E-state index is 5.43. The normalized spacial score (nSPS) is 19.8. The maximum Gasteiger partial charge on any atom is 0.227 e. The van der Waals surface area contributed by atoms with E-state index in [1.807, 2.05) is 12.1 Å². The molecule has 1 aromatic heterocycles. The Morgan fingerprint density at radius 1 is 1.16 bits per heavy atom. The van der Waals surface area contributed by atoms with Crippen LogP contribution in [0.5, 0.6) is 17.2 Å². The molecule has 136 valence electrons. The molecule has 1 fully saturated rings. The Labute approximate surface area is 147 Å². The van der Waals surface area contributed by atoms with Crippen LogP contribution < -0.4 is 19.5 Å². The summed E-state index contributed by atoms with van der Waals surface area (Å²) >= 11 is 0. The van der Waals surface area contributed by atoms with Gasteiger partial charge >= 0.3 is 0 Å². The van der Waals surface area contributed by atoms with E-state index in [1.54, 1.807) is 21.3 Å². The molecule has 2 aromatic rings. The molecule has 0 aliphatic carbocycles. The maximum atomic E-state index is 5.43. The number of benzene rings is 1. The number of aryl methyl sites for hydroxylation is 1. The van der Waals surface area contributed by atoms with E-state index in [4.69, 9.17) is 18.7 Å². The monoisotopic (exact) mass is 347 g/mol. The van der Waals surface area contributed by atoms with Crippen LogP contribution in [0.2, 0.25) is 0 Å². The van der Waals surface area contributed by atoms with Crippen molar-refractivity contribution >= 4 is 0 Å².